The lowest BCUT2D eigenvalue weighted by molar-refractivity contribution is 0.583. The Kier molecular flexibility index (Phi) is 6.44. The van der Waals surface area contributed by atoms with Crippen LogP contribution in [0, 0.1) is 23.3 Å². The van der Waals surface area contributed by atoms with E-state index in [4.69, 9.17) is 0 Å². The van der Waals surface area contributed by atoms with Crippen molar-refractivity contribution < 1.29 is 17.6 Å². The van der Waals surface area contributed by atoms with E-state index in [0.717, 1.165) is 102 Å². The monoisotopic (exact) mass is 668 g/mol. The molecule has 0 fully saturated rings. The van der Waals surface area contributed by atoms with Crippen molar-refractivity contribution in [3.8, 4) is 44.5 Å². The van der Waals surface area contributed by atoms with Crippen LogP contribution in [-0.2, 0) is 6.42 Å². The fraction of sp³-hybridized carbons (Fsp3) is 0.0638. The molecule has 51 heavy (non-hydrogen) atoms. The third-order valence-electron chi connectivity index (χ3n) is 10.7. The van der Waals surface area contributed by atoms with Crippen LogP contribution in [-0.4, -0.2) is 0 Å². The number of hydrogen-bond acceptors (Lipinski definition) is 0. The number of allylic oxidation sites excluding steroid dienone is 10. The van der Waals surface area contributed by atoms with E-state index in [1.54, 1.807) is 0 Å². The minimum absolute atomic E-state index is 0.400. The summed E-state index contributed by atoms with van der Waals surface area (Å²) in [6, 6.07) is 19.9. The lowest BCUT2D eigenvalue weighted by atomic mass is 9.81. The first-order chi connectivity index (χ1) is 24.8. The Morgan fingerprint density at radius 2 is 1.10 bits per heavy atom. The molecule has 0 aliphatic heterocycles. The molecule has 0 aromatic heterocycles. The molecule has 6 aromatic carbocycles. The number of benzene rings is 6. The lowest BCUT2D eigenvalue weighted by Gasteiger charge is -2.22. The fourth-order valence-electron chi connectivity index (χ4n) is 8.74. The summed E-state index contributed by atoms with van der Waals surface area (Å²) in [5, 5.41) is 3.60. The van der Waals surface area contributed by atoms with E-state index in [9.17, 15) is 0 Å². The molecule has 6 aromatic rings. The van der Waals surface area contributed by atoms with Gasteiger partial charge in [-0.3, -0.25) is 0 Å². The summed E-state index contributed by atoms with van der Waals surface area (Å²) in [7, 11) is 0. The summed E-state index contributed by atoms with van der Waals surface area (Å²) in [4.78, 5) is 0. The van der Waals surface area contributed by atoms with Crippen LogP contribution in [0.15, 0.2) is 127 Å². The van der Waals surface area contributed by atoms with E-state index in [1.807, 2.05) is 30.4 Å². The first kappa shape index (κ1) is 29.9. The van der Waals surface area contributed by atoms with Gasteiger partial charge < -0.3 is 0 Å². The van der Waals surface area contributed by atoms with Crippen molar-refractivity contribution in [1.29, 1.82) is 0 Å². The zero-order valence-electron chi connectivity index (χ0n) is 27.4. The second-order valence-electron chi connectivity index (χ2n) is 13.8. The van der Waals surface area contributed by atoms with Gasteiger partial charge in [0, 0.05) is 12.1 Å². The molecule has 0 saturated carbocycles. The van der Waals surface area contributed by atoms with Gasteiger partial charge in [0.1, 0.15) is 23.3 Å². The van der Waals surface area contributed by atoms with Gasteiger partial charge in [-0.2, -0.15) is 0 Å². The molecular weight excluding hydrogens is 641 g/mol. The lowest BCUT2D eigenvalue weighted by Crippen LogP contribution is -1.98. The molecule has 0 amide bonds. The van der Waals surface area contributed by atoms with E-state index in [2.05, 4.69) is 61.2 Å². The molecule has 10 rings (SSSR count). The molecule has 0 radical (unpaired) electrons. The van der Waals surface area contributed by atoms with Crippen LogP contribution in [0.25, 0.3) is 83.3 Å². The predicted molar refractivity (Wildman–Crippen MR) is 202 cm³/mol. The Hall–Kier alpha value is -6.00. The summed E-state index contributed by atoms with van der Waals surface area (Å²) in [6.45, 7) is 4.11. The van der Waals surface area contributed by atoms with Crippen molar-refractivity contribution in [3.63, 3.8) is 0 Å². The number of fused-ring (bicyclic) bond motifs is 11. The van der Waals surface area contributed by atoms with Gasteiger partial charge in [0.25, 0.3) is 0 Å². The summed E-state index contributed by atoms with van der Waals surface area (Å²) in [5.74, 6) is -2.72. The first-order valence-electron chi connectivity index (χ1n) is 17.1. The molecule has 0 atom stereocenters. The Morgan fingerprint density at radius 1 is 0.529 bits per heavy atom. The van der Waals surface area contributed by atoms with E-state index in [0.29, 0.717) is 28.7 Å². The van der Waals surface area contributed by atoms with Crippen LogP contribution >= 0.6 is 0 Å². The maximum absolute atomic E-state index is 15.2. The largest absolute Gasteiger partial charge is 0.207 e. The second-order valence-corrected chi connectivity index (χ2v) is 13.8. The molecule has 0 unspecified atom stereocenters. The van der Waals surface area contributed by atoms with Crippen LogP contribution in [0.1, 0.15) is 35.1 Å². The number of aryl methyl sites for hydroxylation is 1. The predicted octanol–water partition coefficient (Wildman–Crippen LogP) is 13.3. The van der Waals surface area contributed by atoms with Gasteiger partial charge in [-0.05, 0) is 167 Å². The van der Waals surface area contributed by atoms with Gasteiger partial charge in [0.15, 0.2) is 0 Å². The minimum Gasteiger partial charge on any atom is -0.207 e. The Labute approximate surface area is 292 Å². The molecule has 4 aliphatic rings. The SMILES string of the molecule is C=C1C=CC=C2CC(=CC=C1)c1cc3c(-c4cc(F)cc(F)c4)c4c(c(-c5cc(F)cc(F)c5)c3cc12)-c1cccc2c3c(cc-4c12)CCC=C3. The number of rotatable bonds is 2. The van der Waals surface area contributed by atoms with Crippen molar-refractivity contribution in [1.82, 2.24) is 0 Å². The highest BCUT2D eigenvalue weighted by Gasteiger charge is 2.34. The van der Waals surface area contributed by atoms with Crippen molar-refractivity contribution in [3.05, 3.63) is 173 Å². The highest BCUT2D eigenvalue weighted by Crippen LogP contribution is 2.60. The normalized spacial score (nSPS) is 15.3. The molecule has 2 bridgehead atoms. The van der Waals surface area contributed by atoms with E-state index in [-0.39, 0.29) is 0 Å². The van der Waals surface area contributed by atoms with Gasteiger partial charge >= 0.3 is 0 Å². The molecule has 4 aliphatic carbocycles. The number of halogens is 4. The highest BCUT2D eigenvalue weighted by molar-refractivity contribution is 6.29. The Bertz CT molecular complexity index is 2730. The first-order valence-corrected chi connectivity index (χ1v) is 17.1. The number of hydrogen-bond donors (Lipinski definition) is 0. The van der Waals surface area contributed by atoms with Crippen molar-refractivity contribution in [2.24, 2.45) is 0 Å². The van der Waals surface area contributed by atoms with Crippen LogP contribution in [0.3, 0.4) is 0 Å². The molecule has 0 spiro atoms. The standard InChI is InChI=1S/C47H28F4/c1-25-7-4-10-26-15-27(11-5-8-25)39-24-41-40(23-38(26)39)43(29-16-31(48)21-32(49)17-29)46-37-14-6-13-36-35-12-3-2-9-28(35)20-42(45(36)37)47(46)44(41)30-18-33(50)22-34(51)19-30/h3-8,10-14,16-24H,1-2,9,15H2. The summed E-state index contributed by atoms with van der Waals surface area (Å²) in [6.07, 6.45) is 18.9. The van der Waals surface area contributed by atoms with Gasteiger partial charge in [0.2, 0.25) is 0 Å². The third kappa shape index (κ3) is 4.52. The molecule has 0 nitrogen and oxygen atoms in total. The van der Waals surface area contributed by atoms with Crippen molar-refractivity contribution in [2.75, 3.05) is 0 Å². The minimum atomic E-state index is -0.681. The van der Waals surface area contributed by atoms with Crippen LogP contribution < -0.4 is 0 Å². The smallest absolute Gasteiger partial charge is 0.126 e. The van der Waals surface area contributed by atoms with Gasteiger partial charge in [-0.25, -0.2) is 17.6 Å². The average Bonchev–Trinajstić information content (AvgIpc) is 3.60. The van der Waals surface area contributed by atoms with E-state index in [1.165, 1.54) is 29.8 Å². The van der Waals surface area contributed by atoms with Gasteiger partial charge in [-0.15, -0.1) is 0 Å². The summed E-state index contributed by atoms with van der Waals surface area (Å²) in [5.41, 5.74) is 13.1. The molecule has 244 valence electrons. The third-order valence-corrected chi connectivity index (χ3v) is 10.7. The van der Waals surface area contributed by atoms with Crippen molar-refractivity contribution >= 4 is 38.8 Å². The molecular formula is C47H28F4. The maximum atomic E-state index is 15.2. The van der Waals surface area contributed by atoms with Crippen molar-refractivity contribution in [2.45, 2.75) is 19.3 Å². The quantitative estimate of drug-likeness (QED) is 0.161. The van der Waals surface area contributed by atoms with E-state index < -0.39 is 23.3 Å². The van der Waals surface area contributed by atoms with Crippen LogP contribution in [0.4, 0.5) is 17.6 Å². The molecule has 0 N–H and O–H groups in total. The van der Waals surface area contributed by atoms with Crippen LogP contribution in [0.2, 0.25) is 0 Å². The molecule has 0 heterocycles. The molecule has 0 saturated heterocycles. The maximum Gasteiger partial charge on any atom is 0.126 e. The topological polar surface area (TPSA) is 0 Å². The Morgan fingerprint density at radius 3 is 1.69 bits per heavy atom. The van der Waals surface area contributed by atoms with Gasteiger partial charge in [-0.1, -0.05) is 73.4 Å². The zero-order chi connectivity index (χ0) is 34.5. The summed E-state index contributed by atoms with van der Waals surface area (Å²) < 4.78 is 60.9. The highest BCUT2D eigenvalue weighted by atomic mass is 19.1. The van der Waals surface area contributed by atoms with Gasteiger partial charge in [0.05, 0.1) is 0 Å². The molecule has 4 heteroatoms. The zero-order valence-corrected chi connectivity index (χ0v) is 27.4. The van der Waals surface area contributed by atoms with E-state index >= 15 is 17.6 Å². The fourth-order valence-corrected chi connectivity index (χ4v) is 8.74. The average molecular weight is 669 g/mol. The van der Waals surface area contributed by atoms with Crippen LogP contribution in [0.5, 0.6) is 0 Å². The second kappa shape index (κ2) is 11.0. The Balaban J connectivity index is 1.45. The summed E-state index contributed by atoms with van der Waals surface area (Å²) >= 11 is 0.